The molecule has 3 aromatic heterocycles. The molecule has 3 heterocycles. The Balaban J connectivity index is 2.22. The summed E-state index contributed by atoms with van der Waals surface area (Å²) in [6.07, 6.45) is 0. The summed E-state index contributed by atoms with van der Waals surface area (Å²) in [6.45, 7) is 15.0. The summed E-state index contributed by atoms with van der Waals surface area (Å²) in [5, 5.41) is 3.39. The molecule has 0 aromatic carbocycles. The molecule has 3 rings (SSSR count). The van der Waals surface area contributed by atoms with Crippen LogP contribution in [0.15, 0.2) is 12.1 Å². The zero-order valence-corrected chi connectivity index (χ0v) is 19.5. The van der Waals surface area contributed by atoms with E-state index >= 15 is 0 Å². The van der Waals surface area contributed by atoms with Crippen LogP contribution < -0.4 is 8.12 Å². The standard InChI is InChI=1S/C14H20Se3Si2/c1-18(2,3)11-7-9-10-8-12(19(4,5)6)16-14(10)17-13(9)15-11/h7-8H,1-6H3. The summed E-state index contributed by atoms with van der Waals surface area (Å²) in [7, 11) is -2.12. The zero-order valence-electron chi connectivity index (χ0n) is 12.4. The van der Waals surface area contributed by atoms with Gasteiger partial charge in [-0.2, -0.15) is 0 Å². The van der Waals surface area contributed by atoms with Gasteiger partial charge in [-0.3, -0.25) is 0 Å². The average Bonchev–Trinajstić information content (AvgIpc) is 2.81. The van der Waals surface area contributed by atoms with Gasteiger partial charge in [0.2, 0.25) is 0 Å². The van der Waals surface area contributed by atoms with Gasteiger partial charge in [0.05, 0.1) is 0 Å². The van der Waals surface area contributed by atoms with E-state index in [1.165, 1.54) is 0 Å². The topological polar surface area (TPSA) is 0 Å². The fraction of sp³-hybridized carbons (Fsp3) is 0.429. The molecular weight excluding hydrogens is 461 g/mol. The van der Waals surface area contributed by atoms with Crippen molar-refractivity contribution in [2.45, 2.75) is 39.3 Å². The van der Waals surface area contributed by atoms with Gasteiger partial charge < -0.3 is 0 Å². The molecular formula is C14H20Se3Si2. The summed E-state index contributed by atoms with van der Waals surface area (Å²) in [6, 6.07) is 5.23. The quantitative estimate of drug-likeness (QED) is 0.493. The van der Waals surface area contributed by atoms with Crippen molar-refractivity contribution in [1.82, 2.24) is 0 Å². The van der Waals surface area contributed by atoms with E-state index in [9.17, 15) is 0 Å². The molecule has 0 fully saturated rings. The van der Waals surface area contributed by atoms with E-state index in [2.05, 4.69) is 51.4 Å². The van der Waals surface area contributed by atoms with Crippen LogP contribution in [0.3, 0.4) is 0 Å². The first-order valence-electron chi connectivity index (χ1n) is 6.63. The minimum absolute atomic E-state index is 0.716. The van der Waals surface area contributed by atoms with Crippen LogP contribution in [0.1, 0.15) is 0 Å². The molecule has 0 N–H and O–H groups in total. The molecule has 3 aromatic rings. The molecule has 0 saturated heterocycles. The summed E-state index contributed by atoms with van der Waals surface area (Å²) in [4.78, 5) is 0. The second kappa shape index (κ2) is 4.73. The maximum atomic E-state index is 2.62. The van der Waals surface area contributed by atoms with Gasteiger partial charge >= 0.3 is 136 Å². The normalized spacial score (nSPS) is 13.8. The SMILES string of the molecule is C[Si](C)(C)c1cc2c([se]1)[se]c1[se]c([Si](C)(C)C)cc12. The Morgan fingerprint density at radius 1 is 0.632 bits per heavy atom. The van der Waals surface area contributed by atoms with Gasteiger partial charge in [-0.1, -0.05) is 0 Å². The van der Waals surface area contributed by atoms with Gasteiger partial charge in [0, 0.05) is 0 Å². The van der Waals surface area contributed by atoms with Crippen LogP contribution in [0.2, 0.25) is 39.3 Å². The van der Waals surface area contributed by atoms with Crippen molar-refractivity contribution < 1.29 is 0 Å². The molecule has 0 amide bonds. The van der Waals surface area contributed by atoms with Crippen molar-refractivity contribution >= 4 is 84.8 Å². The minimum atomic E-state index is -1.06. The number of hydrogen-bond acceptors (Lipinski definition) is 0. The van der Waals surface area contributed by atoms with E-state index < -0.39 is 16.1 Å². The van der Waals surface area contributed by atoms with Gasteiger partial charge in [0.25, 0.3) is 0 Å². The monoisotopic (exact) mass is 484 g/mol. The zero-order chi connectivity index (χ0) is 14.0. The fourth-order valence-corrected chi connectivity index (χ4v) is 21.0. The third-order valence-electron chi connectivity index (χ3n) is 3.35. The molecule has 0 aliphatic heterocycles. The Hall–Kier alpha value is 0.952. The van der Waals surface area contributed by atoms with E-state index in [4.69, 9.17) is 0 Å². The summed E-state index contributed by atoms with van der Waals surface area (Å²) in [5.74, 6) is 0. The van der Waals surface area contributed by atoms with Crippen molar-refractivity contribution in [3.8, 4) is 0 Å². The first-order valence-corrected chi connectivity index (χ1v) is 18.8. The molecule has 0 nitrogen and oxygen atoms in total. The first kappa shape index (κ1) is 14.9. The van der Waals surface area contributed by atoms with Crippen LogP contribution in [0.25, 0.3) is 17.0 Å². The fourth-order valence-electron chi connectivity index (χ4n) is 2.10. The first-order chi connectivity index (χ1) is 8.66. The van der Waals surface area contributed by atoms with E-state index in [1.807, 2.05) is 14.4 Å². The number of rotatable bonds is 2. The van der Waals surface area contributed by atoms with E-state index in [1.54, 1.807) is 10.8 Å². The predicted molar refractivity (Wildman–Crippen MR) is 98.2 cm³/mol. The maximum absolute atomic E-state index is 2.62. The number of hydrogen-bond donors (Lipinski definition) is 0. The Morgan fingerprint density at radius 2 is 1.00 bits per heavy atom. The third-order valence-corrected chi connectivity index (χ3v) is 23.8. The van der Waals surface area contributed by atoms with Crippen molar-refractivity contribution in [3.05, 3.63) is 12.1 Å². The van der Waals surface area contributed by atoms with Crippen molar-refractivity contribution in [2.24, 2.45) is 0 Å². The van der Waals surface area contributed by atoms with Gasteiger partial charge in [-0.05, 0) is 0 Å². The van der Waals surface area contributed by atoms with Crippen LogP contribution in [-0.4, -0.2) is 59.7 Å². The van der Waals surface area contributed by atoms with Crippen molar-refractivity contribution in [3.63, 3.8) is 0 Å². The second-order valence-electron chi connectivity index (χ2n) is 7.23. The van der Waals surface area contributed by atoms with Crippen LogP contribution in [-0.2, 0) is 0 Å². The van der Waals surface area contributed by atoms with Gasteiger partial charge in [-0.25, -0.2) is 0 Å². The molecule has 0 aliphatic rings. The molecule has 19 heavy (non-hydrogen) atoms. The Bertz CT molecular complexity index is 684. The van der Waals surface area contributed by atoms with Crippen LogP contribution in [0.5, 0.6) is 0 Å². The Morgan fingerprint density at radius 3 is 1.32 bits per heavy atom. The van der Waals surface area contributed by atoms with Gasteiger partial charge in [0.15, 0.2) is 0 Å². The molecule has 0 atom stereocenters. The molecule has 0 radical (unpaired) electrons. The number of fused-ring (bicyclic) bond motifs is 3. The average molecular weight is 481 g/mol. The van der Waals surface area contributed by atoms with E-state index in [0.29, 0.717) is 29.0 Å². The summed E-state index contributed by atoms with van der Waals surface area (Å²) < 4.78 is 7.44. The molecule has 0 bridgehead atoms. The molecule has 0 aliphatic carbocycles. The third kappa shape index (κ3) is 2.70. The van der Waals surface area contributed by atoms with E-state index in [-0.39, 0.29) is 0 Å². The van der Waals surface area contributed by atoms with Gasteiger partial charge in [-0.15, -0.1) is 0 Å². The van der Waals surface area contributed by atoms with Crippen molar-refractivity contribution in [1.29, 1.82) is 0 Å². The van der Waals surface area contributed by atoms with Crippen molar-refractivity contribution in [2.75, 3.05) is 0 Å². The van der Waals surface area contributed by atoms with Crippen LogP contribution in [0.4, 0.5) is 0 Å². The Kier molecular flexibility index (Phi) is 3.70. The summed E-state index contributed by atoms with van der Waals surface area (Å²) >= 11 is 2.15. The predicted octanol–water partition coefficient (Wildman–Crippen LogP) is 2.25. The molecule has 102 valence electrons. The van der Waals surface area contributed by atoms with Gasteiger partial charge in [0.1, 0.15) is 0 Å². The molecule has 0 saturated carbocycles. The van der Waals surface area contributed by atoms with E-state index in [0.717, 1.165) is 14.5 Å². The second-order valence-corrected chi connectivity index (χ2v) is 28.1. The molecule has 5 heteroatoms. The van der Waals surface area contributed by atoms with Crippen LogP contribution >= 0.6 is 0 Å². The molecule has 0 unspecified atom stereocenters. The Labute approximate surface area is 135 Å². The van der Waals surface area contributed by atoms with Crippen LogP contribution in [0, 0.1) is 0 Å². The molecule has 0 spiro atoms. The summed E-state index contributed by atoms with van der Waals surface area (Å²) in [5.41, 5.74) is 0.